The fourth-order valence-corrected chi connectivity index (χ4v) is 8.40. The first kappa shape index (κ1) is 12.7. The van der Waals surface area contributed by atoms with Gasteiger partial charge in [-0.2, -0.15) is 0 Å². The molecule has 18 heavy (non-hydrogen) atoms. The third kappa shape index (κ3) is 2.15. The van der Waals surface area contributed by atoms with Gasteiger partial charge in [0, 0.05) is 0 Å². The second-order valence-corrected chi connectivity index (χ2v) is 11.3. The summed E-state index contributed by atoms with van der Waals surface area (Å²) in [5, 5.41) is 2.94. The van der Waals surface area contributed by atoms with Crippen LogP contribution in [0.25, 0.3) is 0 Å². The number of benzene rings is 1. The summed E-state index contributed by atoms with van der Waals surface area (Å²) in [4.78, 5) is 0. The molecule has 0 aromatic heterocycles. The van der Waals surface area contributed by atoms with E-state index in [1.54, 1.807) is 6.07 Å². The van der Waals surface area contributed by atoms with E-state index < -0.39 is 31.9 Å². The van der Waals surface area contributed by atoms with Crippen molar-refractivity contribution >= 4 is 19.8 Å². The molecule has 3 rings (SSSR count). The first-order chi connectivity index (χ1) is 8.48. The van der Waals surface area contributed by atoms with E-state index in [1.807, 2.05) is 6.07 Å². The maximum atomic E-state index is 13.0. The van der Waals surface area contributed by atoms with Crippen molar-refractivity contribution in [2.75, 3.05) is 11.0 Å². The predicted molar refractivity (Wildman–Crippen MR) is 74.0 cm³/mol. The summed E-state index contributed by atoms with van der Waals surface area (Å²) in [6.45, 7) is 2.85. The zero-order chi connectivity index (χ0) is 12.9. The van der Waals surface area contributed by atoms with Crippen LogP contribution in [0.4, 0.5) is 13.2 Å². The summed E-state index contributed by atoms with van der Waals surface area (Å²) in [5.41, 5.74) is 1.48. The Labute approximate surface area is 112 Å². The van der Waals surface area contributed by atoms with Crippen molar-refractivity contribution in [2.24, 2.45) is 0 Å². The Morgan fingerprint density at radius 1 is 1.33 bits per heavy atom. The molecular formula is C13H15F3IN. The van der Waals surface area contributed by atoms with Gasteiger partial charge in [0.1, 0.15) is 0 Å². The minimum atomic E-state index is -4.14. The Kier molecular flexibility index (Phi) is 3.09. The normalized spacial score (nSPS) is 29.0. The molecule has 0 radical (unpaired) electrons. The number of hydrogen-bond acceptors (Lipinski definition) is 1. The number of hydrogen-bond donors (Lipinski definition) is 1. The molecule has 0 bridgehead atoms. The van der Waals surface area contributed by atoms with E-state index in [4.69, 9.17) is 0 Å². The Hall–Kier alpha value is -0.300. The number of halogens is 4. The quantitative estimate of drug-likeness (QED) is 0.590. The average Bonchev–Trinajstić information content (AvgIpc) is 3.03. The van der Waals surface area contributed by atoms with E-state index in [1.165, 1.54) is 8.00 Å². The Morgan fingerprint density at radius 2 is 2.06 bits per heavy atom. The molecular weight excluding hydrogens is 354 g/mol. The second kappa shape index (κ2) is 4.37. The van der Waals surface area contributed by atoms with E-state index >= 15 is 0 Å². The number of rotatable bonds is 1. The van der Waals surface area contributed by atoms with E-state index in [-0.39, 0.29) is 6.54 Å². The molecule has 2 aliphatic heterocycles. The van der Waals surface area contributed by atoms with Crippen molar-refractivity contribution < 1.29 is 13.2 Å². The fraction of sp³-hybridized carbons (Fsp3) is 0.538. The van der Waals surface area contributed by atoms with Gasteiger partial charge in [0.15, 0.2) is 0 Å². The van der Waals surface area contributed by atoms with E-state index in [0.717, 1.165) is 9.49 Å². The van der Waals surface area contributed by atoms with Crippen molar-refractivity contribution in [3.8, 4) is 0 Å². The van der Waals surface area contributed by atoms with Gasteiger partial charge in [-0.15, -0.1) is 0 Å². The molecule has 1 aromatic rings. The van der Waals surface area contributed by atoms with Gasteiger partial charge in [-0.3, -0.25) is 0 Å². The van der Waals surface area contributed by atoms with Crippen LogP contribution in [0.15, 0.2) is 18.2 Å². The molecule has 1 nitrogen and oxygen atoms in total. The van der Waals surface area contributed by atoms with Crippen molar-refractivity contribution in [1.29, 1.82) is 0 Å². The van der Waals surface area contributed by atoms with Crippen molar-refractivity contribution in [1.82, 2.24) is 5.32 Å². The van der Waals surface area contributed by atoms with Crippen LogP contribution in [0.3, 0.4) is 0 Å². The standard InChI is InChI=1S/C13H15F3IN/c1-8-5-17(8)12-4-2-3-9-10(12)6-18-7-11(9)13(14,15)16/h2-4,8,11,18H,5-7H2,1H3/t8?,11-/m0/s1. The van der Waals surface area contributed by atoms with Gasteiger partial charge in [0.25, 0.3) is 0 Å². The summed E-state index contributed by atoms with van der Waals surface area (Å²) in [6, 6.07) is 5.55. The first-order valence-corrected chi connectivity index (χ1v) is 9.87. The van der Waals surface area contributed by atoms with Gasteiger partial charge in [-0.05, 0) is 0 Å². The summed E-state index contributed by atoms with van der Waals surface area (Å²) in [7, 11) is 0. The molecule has 100 valence electrons. The molecule has 2 atom stereocenters. The second-order valence-electron chi connectivity index (χ2n) is 4.86. The molecule has 2 heterocycles. The number of nitrogens with one attached hydrogen (secondary N) is 1. The first-order valence-electron chi connectivity index (χ1n) is 6.02. The van der Waals surface area contributed by atoms with Crippen LogP contribution < -0.4 is 5.32 Å². The van der Waals surface area contributed by atoms with E-state index in [9.17, 15) is 13.2 Å². The van der Waals surface area contributed by atoms with E-state index in [2.05, 4.69) is 18.3 Å². The topological polar surface area (TPSA) is 12.0 Å². The molecule has 0 aliphatic carbocycles. The zero-order valence-corrected chi connectivity index (χ0v) is 12.2. The third-order valence-corrected chi connectivity index (χ3v) is 10.2. The zero-order valence-electron chi connectivity index (χ0n) is 10.0. The van der Waals surface area contributed by atoms with Crippen LogP contribution in [-0.2, 0) is 6.54 Å². The van der Waals surface area contributed by atoms with Crippen LogP contribution in [0.1, 0.15) is 24.0 Å². The van der Waals surface area contributed by atoms with Crippen LogP contribution in [0.2, 0.25) is 0 Å². The molecule has 0 amide bonds. The molecule has 1 fully saturated rings. The Bertz CT molecular complexity index is 472. The van der Waals surface area contributed by atoms with Gasteiger partial charge in [0.05, 0.1) is 0 Å². The average molecular weight is 369 g/mol. The Morgan fingerprint density at radius 3 is 2.67 bits per heavy atom. The SMILES string of the molecule is CC1CI1c1cccc2c1CNC[C@@H]2C(F)(F)F. The number of alkyl halides is 5. The number of fused-ring (bicyclic) bond motifs is 1. The summed E-state index contributed by atoms with van der Waals surface area (Å²) in [6.07, 6.45) is -4.14. The molecule has 1 unspecified atom stereocenters. The van der Waals surface area contributed by atoms with Gasteiger partial charge in [-0.1, -0.05) is 0 Å². The van der Waals surface area contributed by atoms with Gasteiger partial charge < -0.3 is 0 Å². The monoisotopic (exact) mass is 369 g/mol. The molecule has 1 saturated heterocycles. The molecule has 0 saturated carbocycles. The van der Waals surface area contributed by atoms with E-state index in [0.29, 0.717) is 12.1 Å². The molecule has 1 aromatic carbocycles. The predicted octanol–water partition coefficient (Wildman–Crippen LogP) is 3.51. The van der Waals surface area contributed by atoms with Crippen LogP contribution in [0, 0.1) is 3.57 Å². The van der Waals surface area contributed by atoms with Crippen LogP contribution in [-0.4, -0.2) is 21.1 Å². The maximum absolute atomic E-state index is 13.0. The fourth-order valence-electron chi connectivity index (χ4n) is 2.54. The molecule has 1 N–H and O–H groups in total. The summed E-state index contributed by atoms with van der Waals surface area (Å²) in [5.74, 6) is -1.33. The molecule has 2 aliphatic rings. The summed E-state index contributed by atoms with van der Waals surface area (Å²) >= 11 is -1.11. The Balaban J connectivity index is 2.03. The van der Waals surface area contributed by atoms with Crippen molar-refractivity contribution in [3.05, 3.63) is 32.9 Å². The van der Waals surface area contributed by atoms with Gasteiger partial charge >= 0.3 is 112 Å². The summed E-state index contributed by atoms with van der Waals surface area (Å²) < 4.78 is 42.4. The molecule has 0 spiro atoms. The minimum absolute atomic E-state index is 0.0176. The molecule has 5 heteroatoms. The van der Waals surface area contributed by atoms with Gasteiger partial charge in [-0.25, -0.2) is 0 Å². The van der Waals surface area contributed by atoms with Crippen LogP contribution in [0.5, 0.6) is 0 Å². The van der Waals surface area contributed by atoms with Crippen molar-refractivity contribution in [3.63, 3.8) is 0 Å². The van der Waals surface area contributed by atoms with Crippen LogP contribution >= 0.6 is 19.8 Å². The van der Waals surface area contributed by atoms with Crippen molar-refractivity contribution in [2.45, 2.75) is 29.5 Å². The van der Waals surface area contributed by atoms with Gasteiger partial charge in [0.2, 0.25) is 0 Å². The third-order valence-electron chi connectivity index (χ3n) is 3.56.